The smallest absolute Gasteiger partial charge is 0.253 e. The maximum absolute atomic E-state index is 12.3. The highest BCUT2D eigenvalue weighted by Crippen LogP contribution is 2.30. The molecule has 3 aromatic rings. The average Bonchev–Trinajstić information content (AvgIpc) is 3.16. The molecule has 5 rings (SSSR count). The summed E-state index contributed by atoms with van der Waals surface area (Å²) >= 11 is 0. The van der Waals surface area contributed by atoms with E-state index in [9.17, 15) is 4.79 Å². The number of imidazole rings is 1. The monoisotopic (exact) mass is 422 g/mol. The summed E-state index contributed by atoms with van der Waals surface area (Å²) in [6.45, 7) is 7.77. The maximum Gasteiger partial charge on any atom is 0.253 e. The highest BCUT2D eigenvalue weighted by molar-refractivity contribution is 5.84. The van der Waals surface area contributed by atoms with Gasteiger partial charge in [-0.05, 0) is 49.9 Å². The SMILES string of the molecule is Cc1cc(-c2nc3cc(N4CCOCC4)ccc3n2CC2CCOCC2)cn(C)c1=O. The Morgan fingerprint density at radius 3 is 2.55 bits per heavy atom. The van der Waals surface area contributed by atoms with Crippen LogP contribution in [0.25, 0.3) is 22.4 Å². The van der Waals surface area contributed by atoms with Gasteiger partial charge in [0.1, 0.15) is 5.82 Å². The third-order valence-corrected chi connectivity index (χ3v) is 6.51. The molecule has 164 valence electrons. The van der Waals surface area contributed by atoms with Crippen molar-refractivity contribution in [2.75, 3.05) is 44.4 Å². The standard InChI is InChI=1S/C24H30N4O3/c1-17-13-19(16-26(2)24(17)29)23-25-21-14-20(27-7-11-31-12-8-27)3-4-22(21)28(23)15-18-5-9-30-10-6-18/h3-4,13-14,16,18H,5-12,15H2,1-2H3. The highest BCUT2D eigenvalue weighted by Gasteiger charge is 2.21. The van der Waals surface area contributed by atoms with Crippen LogP contribution in [0.3, 0.4) is 0 Å². The van der Waals surface area contributed by atoms with Crippen molar-refractivity contribution < 1.29 is 9.47 Å². The molecular formula is C24H30N4O3. The number of pyridine rings is 1. The van der Waals surface area contributed by atoms with Crippen LogP contribution in [0.2, 0.25) is 0 Å². The van der Waals surface area contributed by atoms with Crippen molar-refractivity contribution in [2.45, 2.75) is 26.3 Å². The number of aryl methyl sites for hydroxylation is 2. The Morgan fingerprint density at radius 2 is 1.81 bits per heavy atom. The molecule has 2 aliphatic heterocycles. The highest BCUT2D eigenvalue weighted by atomic mass is 16.5. The van der Waals surface area contributed by atoms with Crippen LogP contribution in [0.4, 0.5) is 5.69 Å². The van der Waals surface area contributed by atoms with Crippen LogP contribution in [-0.4, -0.2) is 53.6 Å². The maximum atomic E-state index is 12.3. The zero-order valence-corrected chi connectivity index (χ0v) is 18.3. The zero-order chi connectivity index (χ0) is 21.4. The van der Waals surface area contributed by atoms with Crippen molar-refractivity contribution in [1.82, 2.24) is 14.1 Å². The zero-order valence-electron chi connectivity index (χ0n) is 18.3. The Bertz CT molecular complexity index is 1110. The van der Waals surface area contributed by atoms with E-state index in [4.69, 9.17) is 14.5 Å². The van der Waals surface area contributed by atoms with Crippen LogP contribution in [-0.2, 0) is 23.1 Å². The van der Waals surface area contributed by atoms with Crippen LogP contribution >= 0.6 is 0 Å². The van der Waals surface area contributed by atoms with Gasteiger partial charge >= 0.3 is 0 Å². The van der Waals surface area contributed by atoms with Gasteiger partial charge in [-0.2, -0.15) is 0 Å². The molecule has 0 bridgehead atoms. The molecule has 0 N–H and O–H groups in total. The lowest BCUT2D eigenvalue weighted by molar-refractivity contribution is 0.0617. The molecular weight excluding hydrogens is 392 g/mol. The van der Waals surface area contributed by atoms with Crippen molar-refractivity contribution in [1.29, 1.82) is 0 Å². The number of hydrogen-bond donors (Lipinski definition) is 0. The average molecular weight is 423 g/mol. The van der Waals surface area contributed by atoms with Gasteiger partial charge in [-0.3, -0.25) is 4.79 Å². The van der Waals surface area contributed by atoms with Gasteiger partial charge in [0.05, 0.1) is 24.2 Å². The Hall–Kier alpha value is -2.64. The number of nitrogens with zero attached hydrogens (tertiary/aromatic N) is 4. The van der Waals surface area contributed by atoms with Crippen LogP contribution < -0.4 is 10.5 Å². The fraction of sp³-hybridized carbons (Fsp3) is 0.500. The first-order valence-corrected chi connectivity index (χ1v) is 11.2. The molecule has 31 heavy (non-hydrogen) atoms. The van der Waals surface area contributed by atoms with Gasteiger partial charge in [-0.1, -0.05) is 0 Å². The molecule has 2 fully saturated rings. The Balaban J connectivity index is 1.61. The van der Waals surface area contributed by atoms with Crippen molar-refractivity contribution in [2.24, 2.45) is 13.0 Å². The van der Waals surface area contributed by atoms with Crippen LogP contribution in [0.5, 0.6) is 0 Å². The van der Waals surface area contributed by atoms with E-state index < -0.39 is 0 Å². The Labute approximate surface area is 182 Å². The van der Waals surface area contributed by atoms with Crippen molar-refractivity contribution in [3.8, 4) is 11.4 Å². The van der Waals surface area contributed by atoms with Gasteiger partial charge in [-0.15, -0.1) is 0 Å². The van der Waals surface area contributed by atoms with E-state index in [0.717, 1.165) is 86.9 Å². The normalized spacial score (nSPS) is 18.1. The molecule has 0 aliphatic carbocycles. The second-order valence-electron chi connectivity index (χ2n) is 8.70. The summed E-state index contributed by atoms with van der Waals surface area (Å²) in [6.07, 6.45) is 4.04. The number of ether oxygens (including phenoxy) is 2. The molecule has 0 unspecified atom stereocenters. The molecule has 4 heterocycles. The molecule has 7 nitrogen and oxygen atoms in total. The molecule has 0 amide bonds. The van der Waals surface area contributed by atoms with Crippen molar-refractivity contribution >= 4 is 16.7 Å². The van der Waals surface area contributed by atoms with E-state index in [-0.39, 0.29) is 5.56 Å². The number of hydrogen-bond acceptors (Lipinski definition) is 5. The number of rotatable bonds is 4. The minimum absolute atomic E-state index is 0.0328. The first-order valence-electron chi connectivity index (χ1n) is 11.2. The molecule has 0 saturated carbocycles. The van der Waals surface area contributed by atoms with Gasteiger partial charge in [0.15, 0.2) is 0 Å². The Morgan fingerprint density at radius 1 is 1.06 bits per heavy atom. The summed E-state index contributed by atoms with van der Waals surface area (Å²) in [7, 11) is 1.81. The van der Waals surface area contributed by atoms with E-state index in [2.05, 4.69) is 27.7 Å². The summed E-state index contributed by atoms with van der Waals surface area (Å²) in [6, 6.07) is 8.56. The third-order valence-electron chi connectivity index (χ3n) is 6.51. The molecule has 7 heteroatoms. The molecule has 0 spiro atoms. The fourth-order valence-corrected chi connectivity index (χ4v) is 4.73. The van der Waals surface area contributed by atoms with E-state index in [1.165, 1.54) is 5.69 Å². The summed E-state index contributed by atoms with van der Waals surface area (Å²) in [5.74, 6) is 1.50. The second-order valence-corrected chi connectivity index (χ2v) is 8.70. The lowest BCUT2D eigenvalue weighted by Gasteiger charge is -2.28. The first-order chi connectivity index (χ1) is 15.1. The van der Waals surface area contributed by atoms with E-state index in [1.54, 1.807) is 11.6 Å². The van der Waals surface area contributed by atoms with Gasteiger partial charge in [-0.25, -0.2) is 4.98 Å². The van der Waals surface area contributed by atoms with Crippen molar-refractivity contribution in [3.63, 3.8) is 0 Å². The Kier molecular flexibility index (Phi) is 5.54. The number of morpholine rings is 1. The van der Waals surface area contributed by atoms with Gasteiger partial charge < -0.3 is 23.5 Å². The van der Waals surface area contributed by atoms with Gasteiger partial charge in [0, 0.05) is 62.9 Å². The summed E-state index contributed by atoms with van der Waals surface area (Å²) in [5.41, 5.74) is 5.08. The first kappa shape index (κ1) is 20.3. The predicted molar refractivity (Wildman–Crippen MR) is 122 cm³/mol. The van der Waals surface area contributed by atoms with E-state index >= 15 is 0 Å². The number of aromatic nitrogens is 3. The molecule has 2 aromatic heterocycles. The molecule has 2 saturated heterocycles. The van der Waals surface area contributed by atoms with Gasteiger partial charge in [0.2, 0.25) is 0 Å². The van der Waals surface area contributed by atoms with Crippen LogP contribution in [0, 0.1) is 12.8 Å². The van der Waals surface area contributed by atoms with E-state index in [1.807, 2.05) is 19.2 Å². The predicted octanol–water partition coefficient (Wildman–Crippen LogP) is 2.97. The minimum atomic E-state index is 0.0328. The number of anilines is 1. The molecule has 0 radical (unpaired) electrons. The third kappa shape index (κ3) is 4.00. The lowest BCUT2D eigenvalue weighted by atomic mass is 10.00. The van der Waals surface area contributed by atoms with Gasteiger partial charge in [0.25, 0.3) is 5.56 Å². The summed E-state index contributed by atoms with van der Waals surface area (Å²) in [4.78, 5) is 19.7. The molecule has 1 aromatic carbocycles. The van der Waals surface area contributed by atoms with Crippen LogP contribution in [0.1, 0.15) is 18.4 Å². The van der Waals surface area contributed by atoms with Crippen LogP contribution in [0.15, 0.2) is 35.3 Å². The summed E-state index contributed by atoms with van der Waals surface area (Å²) in [5, 5.41) is 0. The lowest BCUT2D eigenvalue weighted by Crippen LogP contribution is -2.36. The van der Waals surface area contributed by atoms with Crippen molar-refractivity contribution in [3.05, 3.63) is 46.4 Å². The fourth-order valence-electron chi connectivity index (χ4n) is 4.73. The van der Waals surface area contributed by atoms with E-state index in [0.29, 0.717) is 5.92 Å². The number of fused-ring (bicyclic) bond motifs is 1. The summed E-state index contributed by atoms with van der Waals surface area (Å²) < 4.78 is 15.1. The second kappa shape index (κ2) is 8.48. The molecule has 0 atom stereocenters. The quantitative estimate of drug-likeness (QED) is 0.647. The topological polar surface area (TPSA) is 61.5 Å². The molecule has 2 aliphatic rings. The largest absolute Gasteiger partial charge is 0.381 e. The number of benzene rings is 1. The minimum Gasteiger partial charge on any atom is -0.381 e.